The molecule has 1 nitrogen and oxygen atoms in total. The predicted molar refractivity (Wildman–Crippen MR) is 83.5 cm³/mol. The summed E-state index contributed by atoms with van der Waals surface area (Å²) in [7, 11) is 0. The van der Waals surface area contributed by atoms with E-state index in [1.807, 2.05) is 18.3 Å². The van der Waals surface area contributed by atoms with E-state index in [2.05, 4.69) is 65.6 Å². The molecule has 20 heavy (non-hydrogen) atoms. The van der Waals surface area contributed by atoms with Gasteiger partial charge >= 0.3 is 0 Å². The van der Waals surface area contributed by atoms with E-state index >= 15 is 0 Å². The zero-order valence-electron chi connectivity index (χ0n) is 10.9. The predicted octanol–water partition coefficient (Wildman–Crippen LogP) is 4.86. The summed E-state index contributed by atoms with van der Waals surface area (Å²) >= 11 is 0. The summed E-state index contributed by atoms with van der Waals surface area (Å²) in [6.07, 6.45) is 1.84. The highest BCUT2D eigenvalue weighted by Crippen LogP contribution is 2.34. The fraction of sp³-hybridized carbons (Fsp3) is 0. The average molecular weight is 254 g/mol. The van der Waals surface area contributed by atoms with Crippen molar-refractivity contribution in [3.05, 3.63) is 79.0 Å². The SMILES string of the molecule is [c]1c2ccccc2c(-c2ccccn2)c2ccccc12. The monoisotopic (exact) mass is 254 g/mol. The number of hydrogen-bond donors (Lipinski definition) is 0. The van der Waals surface area contributed by atoms with Crippen LogP contribution in [0.2, 0.25) is 0 Å². The van der Waals surface area contributed by atoms with Crippen LogP contribution in [0.1, 0.15) is 0 Å². The zero-order chi connectivity index (χ0) is 13.4. The second kappa shape index (κ2) is 4.46. The molecule has 0 saturated carbocycles. The second-order valence-corrected chi connectivity index (χ2v) is 4.81. The third-order valence-corrected chi connectivity index (χ3v) is 3.58. The van der Waals surface area contributed by atoms with Crippen molar-refractivity contribution in [3.63, 3.8) is 0 Å². The normalized spacial score (nSPS) is 11.0. The second-order valence-electron chi connectivity index (χ2n) is 4.81. The van der Waals surface area contributed by atoms with Crippen LogP contribution in [0.3, 0.4) is 0 Å². The van der Waals surface area contributed by atoms with Crippen LogP contribution in [0.15, 0.2) is 72.9 Å². The van der Waals surface area contributed by atoms with Crippen molar-refractivity contribution < 1.29 is 0 Å². The Morgan fingerprint density at radius 3 is 1.85 bits per heavy atom. The van der Waals surface area contributed by atoms with Crippen LogP contribution in [-0.4, -0.2) is 4.98 Å². The molecule has 93 valence electrons. The molecular weight excluding hydrogens is 242 g/mol. The first-order valence-electron chi connectivity index (χ1n) is 6.68. The Bertz CT molecular complexity index is 841. The lowest BCUT2D eigenvalue weighted by Crippen LogP contribution is -1.87. The van der Waals surface area contributed by atoms with Gasteiger partial charge in [0.05, 0.1) is 5.69 Å². The Balaban J connectivity index is 2.24. The van der Waals surface area contributed by atoms with Crippen LogP contribution in [0.4, 0.5) is 0 Å². The van der Waals surface area contributed by atoms with Gasteiger partial charge in [0.2, 0.25) is 0 Å². The van der Waals surface area contributed by atoms with Gasteiger partial charge in [-0.2, -0.15) is 0 Å². The van der Waals surface area contributed by atoms with Crippen molar-refractivity contribution >= 4 is 21.5 Å². The first-order valence-corrected chi connectivity index (χ1v) is 6.68. The summed E-state index contributed by atoms with van der Waals surface area (Å²) in [4.78, 5) is 4.54. The van der Waals surface area contributed by atoms with Crippen LogP contribution in [-0.2, 0) is 0 Å². The smallest absolute Gasteiger partial charge is 0.0714 e. The topological polar surface area (TPSA) is 12.9 Å². The molecule has 0 N–H and O–H groups in total. The highest BCUT2D eigenvalue weighted by atomic mass is 14.7. The molecule has 0 aliphatic heterocycles. The third kappa shape index (κ3) is 1.68. The number of fused-ring (bicyclic) bond motifs is 2. The Morgan fingerprint density at radius 1 is 0.650 bits per heavy atom. The van der Waals surface area contributed by atoms with E-state index < -0.39 is 0 Å². The summed E-state index contributed by atoms with van der Waals surface area (Å²) in [6, 6.07) is 26.3. The molecule has 1 heterocycles. The molecule has 0 aliphatic rings. The van der Waals surface area contributed by atoms with Crippen molar-refractivity contribution in [2.24, 2.45) is 0 Å². The third-order valence-electron chi connectivity index (χ3n) is 3.58. The van der Waals surface area contributed by atoms with Crippen molar-refractivity contribution in [2.45, 2.75) is 0 Å². The molecule has 0 aliphatic carbocycles. The Labute approximate surface area is 117 Å². The first kappa shape index (κ1) is 11.2. The molecular formula is C19H12N. The lowest BCUT2D eigenvalue weighted by molar-refractivity contribution is 1.34. The van der Waals surface area contributed by atoms with Gasteiger partial charge < -0.3 is 0 Å². The number of nitrogens with zero attached hydrogens (tertiary/aromatic N) is 1. The van der Waals surface area contributed by atoms with Crippen LogP contribution in [0.5, 0.6) is 0 Å². The van der Waals surface area contributed by atoms with Crippen LogP contribution < -0.4 is 0 Å². The highest BCUT2D eigenvalue weighted by Gasteiger charge is 2.10. The Morgan fingerprint density at radius 2 is 1.25 bits per heavy atom. The molecule has 0 amide bonds. The molecule has 0 bridgehead atoms. The summed E-state index contributed by atoms with van der Waals surface area (Å²) in [5, 5.41) is 4.66. The first-order chi connectivity index (χ1) is 9.93. The minimum atomic E-state index is 1.01. The Kier molecular flexibility index (Phi) is 2.49. The highest BCUT2D eigenvalue weighted by molar-refractivity contribution is 6.11. The minimum Gasteiger partial charge on any atom is -0.256 e. The molecule has 4 aromatic rings. The van der Waals surface area contributed by atoms with Crippen molar-refractivity contribution in [1.29, 1.82) is 0 Å². The standard InChI is InChI=1S/C19H12N/c1-3-9-16-14(7-1)13-15-8-2-4-10-17(15)19(16)18-11-5-6-12-20-18/h1-12H. The number of aromatic nitrogens is 1. The van der Waals surface area contributed by atoms with Gasteiger partial charge in [-0.15, -0.1) is 0 Å². The number of pyridine rings is 1. The number of hydrogen-bond acceptors (Lipinski definition) is 1. The molecule has 3 aromatic carbocycles. The van der Waals surface area contributed by atoms with Gasteiger partial charge in [0.1, 0.15) is 0 Å². The summed E-state index contributed by atoms with van der Waals surface area (Å²) in [5.74, 6) is 0. The maximum atomic E-state index is 4.54. The van der Waals surface area contributed by atoms with Crippen molar-refractivity contribution in [1.82, 2.24) is 4.98 Å². The molecule has 1 radical (unpaired) electrons. The van der Waals surface area contributed by atoms with Crippen LogP contribution >= 0.6 is 0 Å². The van der Waals surface area contributed by atoms with Crippen molar-refractivity contribution in [2.75, 3.05) is 0 Å². The Hall–Kier alpha value is -2.67. The van der Waals surface area contributed by atoms with E-state index in [1.165, 1.54) is 16.3 Å². The van der Waals surface area contributed by atoms with Gasteiger partial charge in [-0.25, -0.2) is 0 Å². The lowest BCUT2D eigenvalue weighted by Gasteiger charge is -2.10. The maximum absolute atomic E-state index is 4.54. The van der Waals surface area contributed by atoms with E-state index in [0.29, 0.717) is 0 Å². The van der Waals surface area contributed by atoms with E-state index in [0.717, 1.165) is 16.5 Å². The van der Waals surface area contributed by atoms with Gasteiger partial charge in [0, 0.05) is 11.8 Å². The quantitative estimate of drug-likeness (QED) is 0.442. The largest absolute Gasteiger partial charge is 0.256 e. The van der Waals surface area contributed by atoms with E-state index in [-0.39, 0.29) is 0 Å². The molecule has 4 rings (SSSR count). The van der Waals surface area contributed by atoms with E-state index in [1.54, 1.807) is 0 Å². The van der Waals surface area contributed by atoms with E-state index in [9.17, 15) is 0 Å². The van der Waals surface area contributed by atoms with Crippen LogP contribution in [0.25, 0.3) is 32.8 Å². The molecule has 1 heteroatoms. The molecule has 0 saturated heterocycles. The number of rotatable bonds is 1. The molecule has 0 fully saturated rings. The van der Waals surface area contributed by atoms with Crippen molar-refractivity contribution in [3.8, 4) is 11.3 Å². The average Bonchev–Trinajstić information content (AvgIpc) is 2.53. The maximum Gasteiger partial charge on any atom is 0.0714 e. The minimum absolute atomic E-state index is 1.01. The van der Waals surface area contributed by atoms with Gasteiger partial charge in [-0.1, -0.05) is 54.6 Å². The lowest BCUT2D eigenvalue weighted by atomic mass is 9.94. The molecule has 1 aromatic heterocycles. The summed E-state index contributed by atoms with van der Waals surface area (Å²) < 4.78 is 0. The molecule has 0 atom stereocenters. The van der Waals surface area contributed by atoms with Gasteiger partial charge in [0.25, 0.3) is 0 Å². The van der Waals surface area contributed by atoms with Gasteiger partial charge in [-0.3, -0.25) is 4.98 Å². The zero-order valence-corrected chi connectivity index (χ0v) is 10.9. The fourth-order valence-corrected chi connectivity index (χ4v) is 2.70. The number of benzene rings is 3. The van der Waals surface area contributed by atoms with Crippen LogP contribution in [0, 0.1) is 6.07 Å². The summed E-state index contributed by atoms with van der Waals surface area (Å²) in [5.41, 5.74) is 2.20. The molecule has 0 unspecified atom stereocenters. The van der Waals surface area contributed by atoms with Gasteiger partial charge in [-0.05, 0) is 39.7 Å². The fourth-order valence-electron chi connectivity index (χ4n) is 2.70. The van der Waals surface area contributed by atoms with Gasteiger partial charge in [0.15, 0.2) is 0 Å². The summed E-state index contributed by atoms with van der Waals surface area (Å²) in [6.45, 7) is 0. The van der Waals surface area contributed by atoms with E-state index in [4.69, 9.17) is 0 Å². The molecule has 0 spiro atoms.